The van der Waals surface area contributed by atoms with Gasteiger partial charge in [-0.15, -0.1) is 0 Å². The van der Waals surface area contributed by atoms with Crippen molar-refractivity contribution in [2.24, 2.45) is 0 Å². The van der Waals surface area contributed by atoms with E-state index in [1.807, 2.05) is 0 Å². The molecule has 0 saturated carbocycles. The standard InChI is InChI=1S/C14H23N/c1-5-14(4,6-2)15-11-13-9-7-12(3)8-10-13/h7-10,15H,5-6,11H2,1-4H3. The number of benzene rings is 1. The summed E-state index contributed by atoms with van der Waals surface area (Å²) in [6, 6.07) is 8.75. The van der Waals surface area contributed by atoms with Crippen LogP contribution in [-0.4, -0.2) is 5.54 Å². The first kappa shape index (κ1) is 12.3. The molecule has 0 bridgehead atoms. The summed E-state index contributed by atoms with van der Waals surface area (Å²) >= 11 is 0. The summed E-state index contributed by atoms with van der Waals surface area (Å²) in [5, 5.41) is 3.63. The van der Waals surface area contributed by atoms with Gasteiger partial charge in [0.2, 0.25) is 0 Å². The van der Waals surface area contributed by atoms with Crippen LogP contribution in [0, 0.1) is 6.92 Å². The zero-order chi connectivity index (χ0) is 11.3. The Bertz CT molecular complexity index is 283. The van der Waals surface area contributed by atoms with Gasteiger partial charge in [0, 0.05) is 12.1 Å². The van der Waals surface area contributed by atoms with Crippen molar-refractivity contribution < 1.29 is 0 Å². The van der Waals surface area contributed by atoms with Gasteiger partial charge in [0.15, 0.2) is 0 Å². The molecule has 15 heavy (non-hydrogen) atoms. The minimum Gasteiger partial charge on any atom is -0.307 e. The van der Waals surface area contributed by atoms with Crippen molar-refractivity contribution in [3.8, 4) is 0 Å². The number of aryl methyl sites for hydroxylation is 1. The Morgan fingerprint density at radius 2 is 1.60 bits per heavy atom. The molecular formula is C14H23N. The average Bonchev–Trinajstić information content (AvgIpc) is 2.28. The Hall–Kier alpha value is -0.820. The fourth-order valence-corrected chi connectivity index (χ4v) is 1.52. The summed E-state index contributed by atoms with van der Waals surface area (Å²) in [6.45, 7) is 9.87. The van der Waals surface area contributed by atoms with Gasteiger partial charge in [-0.2, -0.15) is 0 Å². The lowest BCUT2D eigenvalue weighted by molar-refractivity contribution is 0.329. The van der Waals surface area contributed by atoms with Crippen molar-refractivity contribution in [3.63, 3.8) is 0 Å². The van der Waals surface area contributed by atoms with Crippen molar-refractivity contribution in [2.75, 3.05) is 0 Å². The molecule has 0 aliphatic heterocycles. The monoisotopic (exact) mass is 205 g/mol. The highest BCUT2D eigenvalue weighted by atomic mass is 15.0. The van der Waals surface area contributed by atoms with E-state index in [9.17, 15) is 0 Å². The van der Waals surface area contributed by atoms with Crippen LogP contribution in [0.1, 0.15) is 44.7 Å². The van der Waals surface area contributed by atoms with Crippen molar-refractivity contribution >= 4 is 0 Å². The molecule has 84 valence electrons. The second kappa shape index (κ2) is 5.32. The molecule has 1 heteroatoms. The van der Waals surface area contributed by atoms with Crippen LogP contribution in [0.4, 0.5) is 0 Å². The molecular weight excluding hydrogens is 182 g/mol. The van der Waals surface area contributed by atoms with Gasteiger partial charge in [-0.3, -0.25) is 0 Å². The molecule has 0 spiro atoms. The summed E-state index contributed by atoms with van der Waals surface area (Å²) < 4.78 is 0. The maximum absolute atomic E-state index is 3.63. The fraction of sp³-hybridized carbons (Fsp3) is 0.571. The van der Waals surface area contributed by atoms with Gasteiger partial charge in [-0.25, -0.2) is 0 Å². The maximum Gasteiger partial charge on any atom is 0.0210 e. The average molecular weight is 205 g/mol. The van der Waals surface area contributed by atoms with E-state index in [0.717, 1.165) is 6.54 Å². The maximum atomic E-state index is 3.63. The zero-order valence-corrected chi connectivity index (χ0v) is 10.4. The third kappa shape index (κ3) is 3.67. The molecule has 0 amide bonds. The van der Waals surface area contributed by atoms with Crippen LogP contribution in [0.5, 0.6) is 0 Å². The Morgan fingerprint density at radius 3 is 2.07 bits per heavy atom. The van der Waals surface area contributed by atoms with Crippen LogP contribution in [0.3, 0.4) is 0 Å². The van der Waals surface area contributed by atoms with Crippen molar-refractivity contribution in [1.29, 1.82) is 0 Å². The Balaban J connectivity index is 2.53. The van der Waals surface area contributed by atoms with Gasteiger partial charge in [-0.1, -0.05) is 43.7 Å². The Kier molecular flexibility index (Phi) is 4.34. The topological polar surface area (TPSA) is 12.0 Å². The van der Waals surface area contributed by atoms with Crippen LogP contribution in [-0.2, 0) is 6.54 Å². The van der Waals surface area contributed by atoms with Crippen LogP contribution in [0.15, 0.2) is 24.3 Å². The zero-order valence-electron chi connectivity index (χ0n) is 10.4. The highest BCUT2D eigenvalue weighted by Gasteiger charge is 2.17. The minimum absolute atomic E-state index is 0.283. The smallest absolute Gasteiger partial charge is 0.0210 e. The minimum atomic E-state index is 0.283. The lowest BCUT2D eigenvalue weighted by Crippen LogP contribution is -2.40. The molecule has 0 saturated heterocycles. The second-order valence-corrected chi connectivity index (χ2v) is 4.61. The predicted molar refractivity (Wildman–Crippen MR) is 67.0 cm³/mol. The molecule has 0 aliphatic carbocycles. The molecule has 1 nitrogen and oxygen atoms in total. The second-order valence-electron chi connectivity index (χ2n) is 4.61. The summed E-state index contributed by atoms with van der Waals surface area (Å²) in [7, 11) is 0. The summed E-state index contributed by atoms with van der Waals surface area (Å²) in [6.07, 6.45) is 2.35. The lowest BCUT2D eigenvalue weighted by atomic mass is 9.95. The normalized spacial score (nSPS) is 11.7. The van der Waals surface area contributed by atoms with Gasteiger partial charge >= 0.3 is 0 Å². The van der Waals surface area contributed by atoms with Gasteiger partial charge in [0.25, 0.3) is 0 Å². The Labute approximate surface area is 93.9 Å². The van der Waals surface area contributed by atoms with E-state index in [2.05, 4.69) is 57.3 Å². The third-order valence-corrected chi connectivity index (χ3v) is 3.40. The molecule has 1 aromatic rings. The molecule has 0 heterocycles. The first-order valence-corrected chi connectivity index (χ1v) is 5.90. The number of rotatable bonds is 5. The lowest BCUT2D eigenvalue weighted by Gasteiger charge is -2.28. The molecule has 1 rings (SSSR count). The SMILES string of the molecule is CCC(C)(CC)NCc1ccc(C)cc1. The van der Waals surface area contributed by atoms with E-state index >= 15 is 0 Å². The molecule has 0 atom stereocenters. The summed E-state index contributed by atoms with van der Waals surface area (Å²) in [5.41, 5.74) is 2.98. The van der Waals surface area contributed by atoms with E-state index < -0.39 is 0 Å². The van der Waals surface area contributed by atoms with Crippen molar-refractivity contribution in [2.45, 2.75) is 52.6 Å². The van der Waals surface area contributed by atoms with Crippen LogP contribution < -0.4 is 5.32 Å². The molecule has 1 N–H and O–H groups in total. The third-order valence-electron chi connectivity index (χ3n) is 3.40. The molecule has 0 unspecified atom stereocenters. The highest BCUT2D eigenvalue weighted by Crippen LogP contribution is 2.14. The predicted octanol–water partition coefficient (Wildman–Crippen LogP) is 3.66. The van der Waals surface area contributed by atoms with E-state index in [1.165, 1.54) is 24.0 Å². The highest BCUT2D eigenvalue weighted by molar-refractivity contribution is 5.21. The van der Waals surface area contributed by atoms with Crippen LogP contribution >= 0.6 is 0 Å². The Morgan fingerprint density at radius 1 is 1.07 bits per heavy atom. The van der Waals surface area contributed by atoms with E-state index in [4.69, 9.17) is 0 Å². The van der Waals surface area contributed by atoms with E-state index in [1.54, 1.807) is 0 Å². The fourth-order valence-electron chi connectivity index (χ4n) is 1.52. The molecule has 0 radical (unpaired) electrons. The molecule has 1 aromatic carbocycles. The van der Waals surface area contributed by atoms with Crippen LogP contribution in [0.2, 0.25) is 0 Å². The van der Waals surface area contributed by atoms with Crippen molar-refractivity contribution in [1.82, 2.24) is 5.32 Å². The van der Waals surface area contributed by atoms with E-state index in [-0.39, 0.29) is 5.54 Å². The number of hydrogen-bond acceptors (Lipinski definition) is 1. The summed E-state index contributed by atoms with van der Waals surface area (Å²) in [4.78, 5) is 0. The van der Waals surface area contributed by atoms with Gasteiger partial charge < -0.3 is 5.32 Å². The first-order valence-electron chi connectivity index (χ1n) is 5.90. The largest absolute Gasteiger partial charge is 0.307 e. The quantitative estimate of drug-likeness (QED) is 0.773. The van der Waals surface area contributed by atoms with Gasteiger partial charge in [0.05, 0.1) is 0 Å². The first-order chi connectivity index (χ1) is 7.09. The van der Waals surface area contributed by atoms with Gasteiger partial charge in [0.1, 0.15) is 0 Å². The summed E-state index contributed by atoms with van der Waals surface area (Å²) in [5.74, 6) is 0. The number of hydrogen-bond donors (Lipinski definition) is 1. The van der Waals surface area contributed by atoms with E-state index in [0.29, 0.717) is 0 Å². The molecule has 0 aliphatic rings. The molecule has 0 fully saturated rings. The van der Waals surface area contributed by atoms with Gasteiger partial charge in [-0.05, 0) is 32.3 Å². The van der Waals surface area contributed by atoms with Crippen LogP contribution in [0.25, 0.3) is 0 Å². The number of nitrogens with one attached hydrogen (secondary N) is 1. The van der Waals surface area contributed by atoms with Crippen molar-refractivity contribution in [3.05, 3.63) is 35.4 Å². The molecule has 0 aromatic heterocycles.